The van der Waals surface area contributed by atoms with E-state index in [1.165, 1.54) is 0 Å². The molecule has 0 aromatic heterocycles. The van der Waals surface area contributed by atoms with Gasteiger partial charge in [0.1, 0.15) is 0 Å². The van der Waals surface area contributed by atoms with E-state index in [0.29, 0.717) is 6.42 Å². The van der Waals surface area contributed by atoms with Crippen molar-refractivity contribution in [2.24, 2.45) is 0 Å². The Hall–Kier alpha value is -0.0500. The van der Waals surface area contributed by atoms with Crippen LogP contribution in [-0.4, -0.2) is 30.2 Å². The molecule has 0 radical (unpaired) electrons. The molecule has 0 aliphatic carbocycles. The highest BCUT2D eigenvalue weighted by atomic mass is 79.9. The summed E-state index contributed by atoms with van der Waals surface area (Å²) in [4.78, 5) is 12.6. The Morgan fingerprint density at radius 3 is 2.40 bits per heavy atom. The number of carbonyl (C=O) groups excluding carboxylic acids is 1. The summed E-state index contributed by atoms with van der Waals surface area (Å²) in [5, 5.41) is 0.994. The van der Waals surface area contributed by atoms with Crippen molar-refractivity contribution in [3.8, 4) is 0 Å². The van der Waals surface area contributed by atoms with Crippen LogP contribution in [0.2, 0.25) is 0 Å². The third-order valence-electron chi connectivity index (χ3n) is 1.27. The lowest BCUT2D eigenvalue weighted by Crippen LogP contribution is -2.21. The standard InChI is InChI=1S/C7H14BrNO/c1-9(2)7(10)5-3-4-6-8/h3-6H2,1-2H3. The van der Waals surface area contributed by atoms with Gasteiger partial charge in [0, 0.05) is 25.8 Å². The van der Waals surface area contributed by atoms with E-state index in [1.807, 2.05) is 0 Å². The van der Waals surface area contributed by atoms with E-state index in [1.54, 1.807) is 19.0 Å². The van der Waals surface area contributed by atoms with Crippen LogP contribution >= 0.6 is 15.9 Å². The first-order valence-electron chi connectivity index (χ1n) is 3.44. The number of carbonyl (C=O) groups is 1. The zero-order chi connectivity index (χ0) is 7.98. The number of alkyl halides is 1. The van der Waals surface area contributed by atoms with Crippen LogP contribution in [-0.2, 0) is 4.79 Å². The van der Waals surface area contributed by atoms with Crippen LogP contribution < -0.4 is 0 Å². The topological polar surface area (TPSA) is 20.3 Å². The summed E-state index contributed by atoms with van der Waals surface area (Å²) in [5.74, 6) is 0.223. The minimum absolute atomic E-state index is 0.223. The minimum atomic E-state index is 0.223. The van der Waals surface area contributed by atoms with Crippen molar-refractivity contribution in [3.63, 3.8) is 0 Å². The third kappa shape index (κ3) is 4.79. The Labute approximate surface area is 70.7 Å². The van der Waals surface area contributed by atoms with Crippen molar-refractivity contribution in [2.45, 2.75) is 19.3 Å². The lowest BCUT2D eigenvalue weighted by Gasteiger charge is -2.08. The van der Waals surface area contributed by atoms with Crippen LogP contribution in [0.1, 0.15) is 19.3 Å². The second kappa shape index (κ2) is 5.71. The normalized spacial score (nSPS) is 9.50. The summed E-state index contributed by atoms with van der Waals surface area (Å²) in [6, 6.07) is 0. The maximum Gasteiger partial charge on any atom is 0.222 e. The number of halogens is 1. The summed E-state index contributed by atoms with van der Waals surface area (Å²) in [6.07, 6.45) is 2.75. The Balaban J connectivity index is 3.22. The van der Waals surface area contributed by atoms with Gasteiger partial charge in [-0.05, 0) is 12.8 Å². The van der Waals surface area contributed by atoms with Crippen LogP contribution in [0.5, 0.6) is 0 Å². The first-order valence-corrected chi connectivity index (χ1v) is 4.56. The lowest BCUT2D eigenvalue weighted by atomic mass is 10.2. The summed E-state index contributed by atoms with van der Waals surface area (Å²) >= 11 is 3.31. The predicted molar refractivity (Wildman–Crippen MR) is 46.3 cm³/mol. The number of hydrogen-bond acceptors (Lipinski definition) is 1. The van der Waals surface area contributed by atoms with Crippen LogP contribution in [0.25, 0.3) is 0 Å². The van der Waals surface area contributed by atoms with Gasteiger partial charge in [-0.2, -0.15) is 0 Å². The van der Waals surface area contributed by atoms with Gasteiger partial charge in [0.25, 0.3) is 0 Å². The molecule has 0 spiro atoms. The van der Waals surface area contributed by atoms with E-state index in [-0.39, 0.29) is 5.91 Å². The maximum atomic E-state index is 10.9. The third-order valence-corrected chi connectivity index (χ3v) is 1.83. The molecular formula is C7H14BrNO. The summed E-state index contributed by atoms with van der Waals surface area (Å²) in [5.41, 5.74) is 0. The first-order chi connectivity index (χ1) is 4.68. The fraction of sp³-hybridized carbons (Fsp3) is 0.857. The fourth-order valence-electron chi connectivity index (χ4n) is 0.594. The molecule has 0 saturated carbocycles. The van der Waals surface area contributed by atoms with E-state index < -0.39 is 0 Å². The molecular weight excluding hydrogens is 194 g/mol. The van der Waals surface area contributed by atoms with E-state index >= 15 is 0 Å². The van der Waals surface area contributed by atoms with E-state index in [2.05, 4.69) is 15.9 Å². The van der Waals surface area contributed by atoms with Crippen molar-refractivity contribution < 1.29 is 4.79 Å². The Morgan fingerprint density at radius 1 is 1.40 bits per heavy atom. The molecule has 0 saturated heterocycles. The second-order valence-corrected chi connectivity index (χ2v) is 3.23. The quantitative estimate of drug-likeness (QED) is 0.508. The highest BCUT2D eigenvalue weighted by molar-refractivity contribution is 9.09. The van der Waals surface area contributed by atoms with Gasteiger partial charge in [-0.1, -0.05) is 15.9 Å². The molecule has 0 rings (SSSR count). The van der Waals surface area contributed by atoms with Gasteiger partial charge in [-0.15, -0.1) is 0 Å². The molecule has 3 heteroatoms. The predicted octanol–water partition coefficient (Wildman–Crippen LogP) is 1.64. The SMILES string of the molecule is CN(C)C(=O)CCCCBr. The summed E-state index contributed by atoms with van der Waals surface area (Å²) in [7, 11) is 3.58. The van der Waals surface area contributed by atoms with Crippen molar-refractivity contribution in [3.05, 3.63) is 0 Å². The Bertz CT molecular complexity index is 104. The van der Waals surface area contributed by atoms with E-state index in [4.69, 9.17) is 0 Å². The Kier molecular flexibility index (Phi) is 5.69. The van der Waals surface area contributed by atoms with Crippen molar-refractivity contribution in [1.29, 1.82) is 0 Å². The Morgan fingerprint density at radius 2 is 2.00 bits per heavy atom. The second-order valence-electron chi connectivity index (χ2n) is 2.43. The van der Waals surface area contributed by atoms with Crippen molar-refractivity contribution in [1.82, 2.24) is 4.90 Å². The zero-order valence-corrected chi connectivity index (χ0v) is 8.15. The molecule has 0 aliphatic heterocycles. The first kappa shape index (κ1) is 9.95. The number of unbranched alkanes of at least 4 members (excludes halogenated alkanes) is 1. The van der Waals surface area contributed by atoms with Crippen LogP contribution in [0.3, 0.4) is 0 Å². The molecule has 0 atom stereocenters. The summed E-state index contributed by atoms with van der Waals surface area (Å²) in [6.45, 7) is 0. The van der Waals surface area contributed by atoms with Crippen molar-refractivity contribution >= 4 is 21.8 Å². The molecule has 1 amide bonds. The average molecular weight is 208 g/mol. The van der Waals surface area contributed by atoms with Gasteiger partial charge in [0.05, 0.1) is 0 Å². The molecule has 0 heterocycles. The number of amides is 1. The molecule has 10 heavy (non-hydrogen) atoms. The van der Waals surface area contributed by atoms with Gasteiger partial charge < -0.3 is 4.90 Å². The highest BCUT2D eigenvalue weighted by Gasteiger charge is 2.01. The lowest BCUT2D eigenvalue weighted by molar-refractivity contribution is -0.128. The molecule has 0 fully saturated rings. The van der Waals surface area contributed by atoms with E-state index in [0.717, 1.165) is 18.2 Å². The van der Waals surface area contributed by atoms with Gasteiger partial charge >= 0.3 is 0 Å². The van der Waals surface area contributed by atoms with Gasteiger partial charge in [-0.3, -0.25) is 4.79 Å². The fourth-order valence-corrected chi connectivity index (χ4v) is 0.991. The maximum absolute atomic E-state index is 10.9. The molecule has 0 aromatic rings. The van der Waals surface area contributed by atoms with Crippen molar-refractivity contribution in [2.75, 3.05) is 19.4 Å². The van der Waals surface area contributed by atoms with E-state index in [9.17, 15) is 4.79 Å². The highest BCUT2D eigenvalue weighted by Crippen LogP contribution is 1.99. The smallest absolute Gasteiger partial charge is 0.222 e. The molecule has 0 aliphatic rings. The molecule has 0 N–H and O–H groups in total. The number of nitrogens with zero attached hydrogens (tertiary/aromatic N) is 1. The molecule has 0 bridgehead atoms. The molecule has 0 unspecified atom stereocenters. The largest absolute Gasteiger partial charge is 0.349 e. The summed E-state index contributed by atoms with van der Waals surface area (Å²) < 4.78 is 0. The van der Waals surface area contributed by atoms with Crippen LogP contribution in [0.4, 0.5) is 0 Å². The minimum Gasteiger partial charge on any atom is -0.349 e. The molecule has 60 valence electrons. The zero-order valence-electron chi connectivity index (χ0n) is 6.56. The van der Waals surface area contributed by atoms with Gasteiger partial charge in [-0.25, -0.2) is 0 Å². The monoisotopic (exact) mass is 207 g/mol. The number of hydrogen-bond donors (Lipinski definition) is 0. The molecule has 0 aromatic carbocycles. The number of rotatable bonds is 4. The van der Waals surface area contributed by atoms with Gasteiger partial charge in [0.15, 0.2) is 0 Å². The molecule has 2 nitrogen and oxygen atoms in total. The average Bonchev–Trinajstić information content (AvgIpc) is 1.88. The van der Waals surface area contributed by atoms with Gasteiger partial charge in [0.2, 0.25) is 5.91 Å². The van der Waals surface area contributed by atoms with Crippen LogP contribution in [0.15, 0.2) is 0 Å². The van der Waals surface area contributed by atoms with Crippen LogP contribution in [0, 0.1) is 0 Å².